The molecule has 0 N–H and O–H groups in total. The molecule has 116 heavy (non-hydrogen) atoms. The first kappa shape index (κ1) is 81.2. The van der Waals surface area contributed by atoms with Crippen molar-refractivity contribution in [2.75, 3.05) is 0 Å². The molecule has 0 spiro atoms. The lowest BCUT2D eigenvalue weighted by atomic mass is 9.80. The van der Waals surface area contributed by atoms with E-state index in [1.54, 1.807) is 97.1 Å². The molecule has 11 aromatic carbocycles. The van der Waals surface area contributed by atoms with Crippen molar-refractivity contribution in [1.82, 2.24) is 9.80 Å². The average Bonchev–Trinajstić information content (AvgIpc) is 0.669. The van der Waals surface area contributed by atoms with Crippen LogP contribution in [0, 0.1) is 0 Å². The number of carbonyl (C=O) groups excluding carboxylic acids is 8. The lowest BCUT2D eigenvalue weighted by Crippen LogP contribution is -2.53. The van der Waals surface area contributed by atoms with Crippen molar-refractivity contribution in [3.05, 3.63) is 239 Å². The Labute approximate surface area is 663 Å². The van der Waals surface area contributed by atoms with Crippen LogP contribution in [0.2, 0.25) is 0 Å². The van der Waals surface area contributed by atoms with Gasteiger partial charge in [0.15, 0.2) is 0 Å². The number of nitrogens with zero attached hydrogens (tertiary/aromatic N) is 2. The summed E-state index contributed by atoms with van der Waals surface area (Å²) in [5.74, 6) is -13.6. The van der Waals surface area contributed by atoms with Gasteiger partial charge in [0.05, 0.1) is 35.1 Å². The van der Waals surface area contributed by atoms with E-state index < -0.39 is 140 Å². The summed E-state index contributed by atoms with van der Waals surface area (Å²) >= 11 is 0. The molecule has 0 bridgehead atoms. The van der Waals surface area contributed by atoms with Crippen LogP contribution >= 0.6 is 0 Å². The molecule has 4 amide bonds. The number of hydrogen-bond acceptors (Lipinski definition) is 16. The zero-order chi connectivity index (χ0) is 84.1. The van der Waals surface area contributed by atoms with Gasteiger partial charge in [0, 0.05) is 66.4 Å². The van der Waals surface area contributed by atoms with Crippen molar-refractivity contribution in [3.63, 3.8) is 0 Å². The number of imide groups is 2. The normalized spacial score (nSPS) is 13.9. The molecule has 2 heterocycles. The van der Waals surface area contributed by atoms with E-state index in [1.165, 1.54) is 38.1 Å². The van der Waals surface area contributed by atoms with Crippen LogP contribution in [0.3, 0.4) is 0 Å². The van der Waals surface area contributed by atoms with Crippen molar-refractivity contribution in [2.45, 2.75) is 156 Å². The summed E-state index contributed by atoms with van der Waals surface area (Å²) in [6, 6.07) is 35.6. The van der Waals surface area contributed by atoms with E-state index in [0.717, 1.165) is 70.8 Å². The molecule has 11 aromatic rings. The molecule has 0 saturated heterocycles. The zero-order valence-corrected chi connectivity index (χ0v) is 65.8. The molecular formula is C92H80F6N2O16. The van der Waals surface area contributed by atoms with Gasteiger partial charge in [0.2, 0.25) is 0 Å². The van der Waals surface area contributed by atoms with Gasteiger partial charge in [-0.1, -0.05) is 157 Å². The van der Waals surface area contributed by atoms with Crippen LogP contribution in [0.25, 0.3) is 43.1 Å². The van der Waals surface area contributed by atoms with Crippen molar-refractivity contribution in [1.29, 1.82) is 0 Å². The van der Waals surface area contributed by atoms with Gasteiger partial charge in [-0.15, -0.1) is 0 Å². The molecule has 18 nitrogen and oxygen atoms in total. The average molecular weight is 1580 g/mol. The van der Waals surface area contributed by atoms with Crippen LogP contribution in [0.4, 0.5) is 26.3 Å². The Morgan fingerprint density at radius 2 is 0.543 bits per heavy atom. The minimum Gasteiger partial charge on any atom is -0.457 e. The maximum atomic E-state index is 16.3. The number of rotatable bonds is 20. The Balaban J connectivity index is 1.17. The van der Waals surface area contributed by atoms with Gasteiger partial charge < -0.3 is 37.9 Å². The highest BCUT2D eigenvalue weighted by Gasteiger charge is 2.51. The SMILES string of the molecule is C=C(C)C(=O)Oc1cccc(OC(=O)C(CC(F)(F)F)N2C(=O)c3cc(Oc4ccc(C(C)(C)C)cc4)c4c5c(Oc6ccc(C(C)(C)C)cc6)cc6c7c(cc(Oc8ccc(C(C)(C)C)cc8)c(c8c(Oc9ccc(C(C)(C)C)cc9)cc(c3c48)C2=O)c75)C(=O)N(C(CC(F)(F)F)C(=O)Oc2cccc(OC(=O)C(=C)C)c2)C6=O)c1. The molecule has 0 fully saturated rings. The first-order valence-corrected chi connectivity index (χ1v) is 37.0. The van der Waals surface area contributed by atoms with E-state index in [2.05, 4.69) is 13.2 Å². The predicted molar refractivity (Wildman–Crippen MR) is 423 cm³/mol. The number of amides is 4. The van der Waals surface area contributed by atoms with Crippen LogP contribution in [0.5, 0.6) is 69.0 Å². The van der Waals surface area contributed by atoms with Crippen molar-refractivity contribution >= 4 is 90.6 Å². The molecule has 13 rings (SSSR count). The maximum absolute atomic E-state index is 16.3. The highest BCUT2D eigenvalue weighted by molar-refractivity contribution is 6.45. The summed E-state index contributed by atoms with van der Waals surface area (Å²) in [5, 5.41) is -1.20. The second kappa shape index (κ2) is 29.8. The number of esters is 4. The maximum Gasteiger partial charge on any atom is 0.391 e. The molecule has 596 valence electrons. The molecule has 2 aliphatic heterocycles. The largest absolute Gasteiger partial charge is 0.457 e. The van der Waals surface area contributed by atoms with Crippen molar-refractivity contribution in [2.24, 2.45) is 0 Å². The monoisotopic (exact) mass is 1580 g/mol. The van der Waals surface area contributed by atoms with Crippen LogP contribution in [-0.2, 0) is 40.8 Å². The second-order valence-corrected chi connectivity index (χ2v) is 33.0. The first-order chi connectivity index (χ1) is 54.2. The van der Waals surface area contributed by atoms with E-state index in [-0.39, 0.29) is 122 Å². The minimum atomic E-state index is -5.32. The number of alkyl halides is 6. The highest BCUT2D eigenvalue weighted by atomic mass is 19.4. The van der Waals surface area contributed by atoms with Crippen LogP contribution in [0.1, 0.15) is 173 Å². The Morgan fingerprint density at radius 1 is 0.319 bits per heavy atom. The minimum absolute atomic E-state index is 0.0234. The molecule has 0 aliphatic carbocycles. The van der Waals surface area contributed by atoms with Gasteiger partial charge in [0.25, 0.3) is 23.6 Å². The van der Waals surface area contributed by atoms with E-state index >= 15 is 45.5 Å². The van der Waals surface area contributed by atoms with Crippen LogP contribution in [-0.4, -0.2) is 81.7 Å². The fourth-order valence-electron chi connectivity index (χ4n) is 14.0. The molecule has 2 aliphatic rings. The van der Waals surface area contributed by atoms with Gasteiger partial charge in [-0.25, -0.2) is 19.2 Å². The predicted octanol–water partition coefficient (Wildman–Crippen LogP) is 22.1. The lowest BCUT2D eigenvalue weighted by Gasteiger charge is -2.35. The third-order valence-electron chi connectivity index (χ3n) is 19.9. The van der Waals surface area contributed by atoms with Gasteiger partial charge in [-0.3, -0.25) is 29.0 Å². The number of halogens is 6. The number of hydrogen-bond donors (Lipinski definition) is 0. The molecule has 0 aromatic heterocycles. The summed E-state index contributed by atoms with van der Waals surface area (Å²) in [6.45, 7) is 33.5. The molecule has 2 unspecified atom stereocenters. The molecular weight excluding hydrogens is 1500 g/mol. The van der Waals surface area contributed by atoms with Gasteiger partial charge in [-0.05, 0) is 155 Å². The number of ether oxygens (including phenoxy) is 8. The quantitative estimate of drug-likeness (QED) is 0.0132. The van der Waals surface area contributed by atoms with Gasteiger partial charge in [-0.2, -0.15) is 26.3 Å². The Bertz CT molecular complexity index is 5310. The Kier molecular flexibility index (Phi) is 20.9. The third kappa shape index (κ3) is 16.3. The first-order valence-electron chi connectivity index (χ1n) is 37.0. The van der Waals surface area contributed by atoms with E-state index in [0.29, 0.717) is 0 Å². The van der Waals surface area contributed by atoms with Crippen LogP contribution in [0.15, 0.2) is 194 Å². The van der Waals surface area contributed by atoms with Gasteiger partial charge in [0.1, 0.15) is 81.1 Å². The summed E-state index contributed by atoms with van der Waals surface area (Å²) < 4.78 is 143. The highest BCUT2D eigenvalue weighted by Crippen LogP contribution is 2.59. The fraction of sp³-hybridized carbons (Fsp3) is 0.261. The number of fused-ring (bicyclic) bond motifs is 2. The summed E-state index contributed by atoms with van der Waals surface area (Å²) in [4.78, 5) is 121. The Morgan fingerprint density at radius 3 is 0.750 bits per heavy atom. The molecule has 0 radical (unpaired) electrons. The second-order valence-electron chi connectivity index (χ2n) is 33.0. The van der Waals surface area contributed by atoms with Crippen LogP contribution < -0.4 is 37.9 Å². The standard InChI is InChI=1S/C92H80F6N2O16/c1-47(2)83(105)113-57-19-17-21-59(39-57)115-85(107)65(45-91(93,94)95)99-79(101)61-41-67(109-53-31-23-49(24-32-53)87(5,6)7)73-75-69(111-55-35-27-51(28-36-55)89(11,12)13)43-63-72-64(82(104)100(81(63)103)66(46-92(96,97)98)86(108)116-60-22-18-20-58(40-60)114-84(106)48(3)4)44-70(112-56-37-29-52(30-38-56)90(14,15)16)76(78(72)75)74-68(42-62(80(99)102)71(61)77(73)74)110-54-33-25-50(26-34-54)88(8,9)10/h17-44,65-66H,1,3,45-46H2,2,4-16H3. The number of benzene rings is 11. The summed E-state index contributed by atoms with van der Waals surface area (Å²) in [5.41, 5.74) is -0.670. The molecule has 2 atom stereocenters. The lowest BCUT2D eigenvalue weighted by molar-refractivity contribution is -0.160. The summed E-state index contributed by atoms with van der Waals surface area (Å²) in [7, 11) is 0. The van der Waals surface area contributed by atoms with Gasteiger partial charge >= 0.3 is 36.2 Å². The zero-order valence-electron chi connectivity index (χ0n) is 65.8. The Hall–Kier alpha value is -12.9. The van der Waals surface area contributed by atoms with Crippen molar-refractivity contribution < 1.29 is 103 Å². The topological polar surface area (TPSA) is 217 Å². The van der Waals surface area contributed by atoms with E-state index in [1.807, 2.05) is 83.1 Å². The smallest absolute Gasteiger partial charge is 0.391 e. The fourth-order valence-corrected chi connectivity index (χ4v) is 14.0. The molecule has 24 heteroatoms. The van der Waals surface area contributed by atoms with Crippen molar-refractivity contribution in [3.8, 4) is 69.0 Å². The number of carbonyl (C=O) groups is 8. The summed E-state index contributed by atoms with van der Waals surface area (Å²) in [6.07, 6.45) is -15.0. The van der Waals surface area contributed by atoms with E-state index in [9.17, 15) is 19.2 Å². The third-order valence-corrected chi connectivity index (χ3v) is 19.9. The molecule has 0 saturated carbocycles. The van der Waals surface area contributed by atoms with E-state index in [4.69, 9.17) is 37.9 Å².